The van der Waals surface area contributed by atoms with E-state index in [0.717, 1.165) is 10.4 Å². The van der Waals surface area contributed by atoms with E-state index in [2.05, 4.69) is 0 Å². The van der Waals surface area contributed by atoms with Gasteiger partial charge in [0.15, 0.2) is 9.84 Å². The van der Waals surface area contributed by atoms with Gasteiger partial charge in [0.25, 0.3) is 0 Å². The van der Waals surface area contributed by atoms with Crippen LogP contribution in [0.1, 0.15) is 5.56 Å². The third-order valence-corrected chi connectivity index (χ3v) is 6.87. The van der Waals surface area contributed by atoms with Crippen LogP contribution in [0.25, 0.3) is 0 Å². The molecule has 20 heavy (non-hydrogen) atoms. The number of nitrogen functional groups attached to an aromatic ring is 1. The van der Waals surface area contributed by atoms with E-state index in [4.69, 9.17) is 5.73 Å². The van der Waals surface area contributed by atoms with Crippen molar-refractivity contribution in [2.75, 3.05) is 30.3 Å². The molecule has 1 aromatic carbocycles. The number of rotatable bonds is 2. The molecule has 0 atom stereocenters. The SMILES string of the molecule is Cc1c(F)cc(N)cc1S(=O)(=O)N1CCS(=O)(=O)CC1. The van der Waals surface area contributed by atoms with Gasteiger partial charge in [-0.2, -0.15) is 4.31 Å². The third kappa shape index (κ3) is 2.79. The summed E-state index contributed by atoms with van der Waals surface area (Å²) in [5.41, 5.74) is 5.47. The van der Waals surface area contributed by atoms with Crippen LogP contribution in [0.15, 0.2) is 17.0 Å². The Balaban J connectivity index is 2.42. The van der Waals surface area contributed by atoms with Crippen molar-refractivity contribution >= 4 is 25.5 Å². The van der Waals surface area contributed by atoms with Gasteiger partial charge in [-0.3, -0.25) is 0 Å². The number of hydrogen-bond donors (Lipinski definition) is 1. The molecular weight excluding hydrogens is 307 g/mol. The van der Waals surface area contributed by atoms with E-state index >= 15 is 0 Å². The lowest BCUT2D eigenvalue weighted by molar-refractivity contribution is 0.430. The summed E-state index contributed by atoms with van der Waals surface area (Å²) < 4.78 is 62.2. The van der Waals surface area contributed by atoms with E-state index in [1.165, 1.54) is 13.0 Å². The van der Waals surface area contributed by atoms with Gasteiger partial charge < -0.3 is 5.73 Å². The van der Waals surface area contributed by atoms with Crippen molar-refractivity contribution in [3.05, 3.63) is 23.5 Å². The Morgan fingerprint density at radius 2 is 1.80 bits per heavy atom. The lowest BCUT2D eigenvalue weighted by Crippen LogP contribution is -2.43. The fraction of sp³-hybridized carbons (Fsp3) is 0.455. The van der Waals surface area contributed by atoms with Crippen LogP contribution in [-0.2, 0) is 19.9 Å². The van der Waals surface area contributed by atoms with Crippen LogP contribution in [0.2, 0.25) is 0 Å². The summed E-state index contributed by atoms with van der Waals surface area (Å²) in [7, 11) is -7.13. The molecule has 0 radical (unpaired) electrons. The Morgan fingerprint density at radius 3 is 2.35 bits per heavy atom. The fourth-order valence-corrected chi connectivity index (χ4v) is 5.16. The largest absolute Gasteiger partial charge is 0.399 e. The topological polar surface area (TPSA) is 97.5 Å². The summed E-state index contributed by atoms with van der Waals surface area (Å²) in [6, 6.07) is 2.24. The van der Waals surface area contributed by atoms with Gasteiger partial charge in [0.2, 0.25) is 10.0 Å². The van der Waals surface area contributed by atoms with Crippen LogP contribution in [0.3, 0.4) is 0 Å². The first-order chi connectivity index (χ1) is 9.13. The lowest BCUT2D eigenvalue weighted by atomic mass is 10.2. The second kappa shape index (κ2) is 4.97. The highest BCUT2D eigenvalue weighted by atomic mass is 32.2. The number of halogens is 1. The minimum Gasteiger partial charge on any atom is -0.399 e. The molecule has 0 bridgehead atoms. The summed E-state index contributed by atoms with van der Waals surface area (Å²) in [5.74, 6) is -1.15. The first-order valence-electron chi connectivity index (χ1n) is 5.90. The van der Waals surface area contributed by atoms with Crippen molar-refractivity contribution in [1.82, 2.24) is 4.31 Å². The van der Waals surface area contributed by atoms with Gasteiger partial charge in [0.1, 0.15) is 5.82 Å². The summed E-state index contributed by atoms with van der Waals surface area (Å²) in [6.07, 6.45) is 0. The van der Waals surface area contributed by atoms with Crippen LogP contribution in [0, 0.1) is 12.7 Å². The molecule has 0 amide bonds. The van der Waals surface area contributed by atoms with Gasteiger partial charge in [-0.05, 0) is 19.1 Å². The molecular formula is C11H15FN2O4S2. The van der Waals surface area contributed by atoms with Gasteiger partial charge in [0.05, 0.1) is 16.4 Å². The molecule has 1 aliphatic heterocycles. The molecule has 6 nitrogen and oxygen atoms in total. The maximum atomic E-state index is 13.6. The molecule has 1 heterocycles. The number of nitrogens with two attached hydrogens (primary N) is 1. The van der Waals surface area contributed by atoms with Crippen molar-refractivity contribution < 1.29 is 21.2 Å². The number of benzene rings is 1. The Bertz CT molecular complexity index is 730. The number of anilines is 1. The van der Waals surface area contributed by atoms with Crippen molar-refractivity contribution in [2.24, 2.45) is 0 Å². The quantitative estimate of drug-likeness (QED) is 0.781. The van der Waals surface area contributed by atoms with Gasteiger partial charge in [-0.1, -0.05) is 0 Å². The number of sulfonamides is 1. The standard InChI is InChI=1S/C11H15FN2O4S2/c1-8-10(12)6-9(13)7-11(8)20(17,18)14-2-4-19(15,16)5-3-14/h6-7H,2-5,13H2,1H3. The highest BCUT2D eigenvalue weighted by molar-refractivity contribution is 7.92. The highest BCUT2D eigenvalue weighted by Crippen LogP contribution is 2.25. The molecule has 0 spiro atoms. The fourth-order valence-electron chi connectivity index (χ4n) is 2.02. The summed E-state index contributed by atoms with van der Waals surface area (Å²) in [4.78, 5) is -0.214. The van der Waals surface area contributed by atoms with Crippen LogP contribution < -0.4 is 5.73 Å². The maximum absolute atomic E-state index is 13.6. The Labute approximate surface area is 117 Å². The normalized spacial score (nSPS) is 19.9. The minimum absolute atomic E-state index is 0.0105. The van der Waals surface area contributed by atoms with Crippen molar-refractivity contribution in [3.8, 4) is 0 Å². The number of sulfone groups is 1. The molecule has 0 unspecified atom stereocenters. The Morgan fingerprint density at radius 1 is 1.25 bits per heavy atom. The van der Waals surface area contributed by atoms with Crippen molar-refractivity contribution in [3.63, 3.8) is 0 Å². The number of hydrogen-bond acceptors (Lipinski definition) is 5. The minimum atomic E-state index is -3.94. The second-order valence-electron chi connectivity index (χ2n) is 4.68. The Hall–Kier alpha value is -1.19. The third-order valence-electron chi connectivity index (χ3n) is 3.24. The molecule has 0 aliphatic carbocycles. The summed E-state index contributed by atoms with van der Waals surface area (Å²) in [6.45, 7) is 1.10. The summed E-state index contributed by atoms with van der Waals surface area (Å²) >= 11 is 0. The molecule has 1 aliphatic rings. The molecule has 2 rings (SSSR count). The monoisotopic (exact) mass is 322 g/mol. The van der Waals surface area contributed by atoms with Gasteiger partial charge in [-0.15, -0.1) is 0 Å². The van der Waals surface area contributed by atoms with Crippen molar-refractivity contribution in [1.29, 1.82) is 0 Å². The molecule has 112 valence electrons. The maximum Gasteiger partial charge on any atom is 0.243 e. The first-order valence-corrected chi connectivity index (χ1v) is 9.16. The molecule has 1 saturated heterocycles. The summed E-state index contributed by atoms with van der Waals surface area (Å²) in [5, 5.41) is 0. The van der Waals surface area contributed by atoms with E-state index in [9.17, 15) is 21.2 Å². The van der Waals surface area contributed by atoms with Gasteiger partial charge in [-0.25, -0.2) is 21.2 Å². The van der Waals surface area contributed by atoms with Crippen LogP contribution in [0.4, 0.5) is 10.1 Å². The first kappa shape index (κ1) is 15.2. The van der Waals surface area contributed by atoms with E-state index in [-0.39, 0.29) is 40.7 Å². The molecule has 1 aromatic rings. The van der Waals surface area contributed by atoms with E-state index in [1.54, 1.807) is 0 Å². The predicted octanol–water partition coefficient (Wildman–Crippen LogP) is 0.135. The zero-order valence-corrected chi connectivity index (χ0v) is 12.5. The van der Waals surface area contributed by atoms with Crippen LogP contribution in [0.5, 0.6) is 0 Å². The molecule has 9 heteroatoms. The number of nitrogens with zero attached hydrogens (tertiary/aromatic N) is 1. The smallest absolute Gasteiger partial charge is 0.243 e. The van der Waals surface area contributed by atoms with Gasteiger partial charge >= 0.3 is 0 Å². The molecule has 2 N–H and O–H groups in total. The van der Waals surface area contributed by atoms with Crippen LogP contribution in [-0.4, -0.2) is 45.7 Å². The second-order valence-corrected chi connectivity index (χ2v) is 8.89. The Kier molecular flexibility index (Phi) is 3.78. The van der Waals surface area contributed by atoms with Crippen molar-refractivity contribution in [2.45, 2.75) is 11.8 Å². The lowest BCUT2D eigenvalue weighted by Gasteiger charge is -2.26. The van der Waals surface area contributed by atoms with E-state index < -0.39 is 25.7 Å². The average Bonchev–Trinajstić information content (AvgIpc) is 2.33. The van der Waals surface area contributed by atoms with E-state index in [0.29, 0.717) is 0 Å². The van der Waals surface area contributed by atoms with E-state index in [1.807, 2.05) is 0 Å². The molecule has 0 aromatic heterocycles. The highest BCUT2D eigenvalue weighted by Gasteiger charge is 2.32. The zero-order chi connectivity index (χ0) is 15.1. The zero-order valence-electron chi connectivity index (χ0n) is 10.8. The van der Waals surface area contributed by atoms with Gasteiger partial charge in [0, 0.05) is 24.3 Å². The average molecular weight is 322 g/mol. The molecule has 0 saturated carbocycles. The predicted molar refractivity (Wildman–Crippen MR) is 73.0 cm³/mol. The molecule has 1 fully saturated rings. The van der Waals surface area contributed by atoms with Crippen LogP contribution >= 0.6 is 0 Å².